The molecule has 1 saturated heterocycles. The molecule has 0 aromatic heterocycles. The Morgan fingerprint density at radius 2 is 1.61 bits per heavy atom. The molecule has 10 heteroatoms. The van der Waals surface area contributed by atoms with E-state index in [2.05, 4.69) is 10.0 Å². The van der Waals surface area contributed by atoms with Crippen LogP contribution in [0.2, 0.25) is 0 Å². The summed E-state index contributed by atoms with van der Waals surface area (Å²) in [6, 6.07) is 11.4. The fourth-order valence-electron chi connectivity index (χ4n) is 3.61. The molecule has 0 aliphatic carbocycles. The quantitative estimate of drug-likeness (QED) is 0.726. The molecule has 164 valence electrons. The van der Waals surface area contributed by atoms with Crippen molar-refractivity contribution in [3.05, 3.63) is 53.6 Å². The van der Waals surface area contributed by atoms with Crippen LogP contribution in [0.25, 0.3) is 0 Å². The number of sulfonamides is 1. The van der Waals surface area contributed by atoms with E-state index in [-0.39, 0.29) is 24.6 Å². The number of hydrogen-bond acceptors (Lipinski definition) is 6. The van der Waals surface area contributed by atoms with E-state index < -0.39 is 10.0 Å². The van der Waals surface area contributed by atoms with Gasteiger partial charge in [0.15, 0.2) is 11.5 Å². The Morgan fingerprint density at radius 1 is 0.968 bits per heavy atom. The van der Waals surface area contributed by atoms with Gasteiger partial charge in [-0.05, 0) is 55.3 Å². The Hall–Kier alpha value is -3.27. The molecule has 2 amide bonds. The molecule has 2 N–H and O–H groups in total. The van der Waals surface area contributed by atoms with Gasteiger partial charge in [0.25, 0.3) is 11.8 Å². The van der Waals surface area contributed by atoms with Crippen molar-refractivity contribution in [2.24, 2.45) is 0 Å². The molecule has 2 aliphatic rings. The van der Waals surface area contributed by atoms with Crippen LogP contribution in [0.3, 0.4) is 0 Å². The molecule has 2 aromatic carbocycles. The highest BCUT2D eigenvalue weighted by Gasteiger charge is 2.25. The van der Waals surface area contributed by atoms with E-state index >= 15 is 0 Å². The fraction of sp³-hybridized carbons (Fsp3) is 0.333. The van der Waals surface area contributed by atoms with E-state index in [1.165, 1.54) is 0 Å². The zero-order chi connectivity index (χ0) is 22.0. The van der Waals surface area contributed by atoms with Crippen molar-refractivity contribution in [2.75, 3.05) is 30.9 Å². The van der Waals surface area contributed by atoms with Gasteiger partial charge in [0.2, 0.25) is 16.8 Å². The number of rotatable bonds is 5. The van der Waals surface area contributed by atoms with E-state index in [0.717, 1.165) is 6.26 Å². The summed E-state index contributed by atoms with van der Waals surface area (Å²) in [4.78, 5) is 27.0. The lowest BCUT2D eigenvalue weighted by Gasteiger charge is -2.32. The molecule has 0 saturated carbocycles. The number of amides is 2. The molecule has 0 unspecified atom stereocenters. The molecule has 31 heavy (non-hydrogen) atoms. The number of piperidine rings is 1. The van der Waals surface area contributed by atoms with Gasteiger partial charge in [0.05, 0.1) is 6.26 Å². The van der Waals surface area contributed by atoms with Gasteiger partial charge in [-0.1, -0.05) is 0 Å². The molecule has 0 spiro atoms. The molecule has 2 aliphatic heterocycles. The first-order valence-corrected chi connectivity index (χ1v) is 11.8. The van der Waals surface area contributed by atoms with Crippen molar-refractivity contribution in [1.29, 1.82) is 0 Å². The van der Waals surface area contributed by atoms with Crippen LogP contribution >= 0.6 is 0 Å². The second-order valence-corrected chi connectivity index (χ2v) is 9.31. The lowest BCUT2D eigenvalue weighted by molar-refractivity contribution is 0.0698. The zero-order valence-electron chi connectivity index (χ0n) is 17.0. The highest BCUT2D eigenvalue weighted by atomic mass is 32.2. The van der Waals surface area contributed by atoms with Gasteiger partial charge in [-0.3, -0.25) is 14.3 Å². The van der Waals surface area contributed by atoms with Gasteiger partial charge in [0.1, 0.15) is 0 Å². The molecule has 2 aromatic rings. The van der Waals surface area contributed by atoms with Crippen LogP contribution in [-0.4, -0.2) is 57.3 Å². The highest BCUT2D eigenvalue weighted by Crippen LogP contribution is 2.32. The number of ether oxygens (including phenoxy) is 2. The molecule has 0 atom stereocenters. The van der Waals surface area contributed by atoms with E-state index in [4.69, 9.17) is 9.47 Å². The molecule has 0 radical (unpaired) electrons. The minimum absolute atomic E-state index is 0.0247. The number of hydrogen-bond donors (Lipinski definition) is 2. The Balaban J connectivity index is 1.30. The smallest absolute Gasteiger partial charge is 0.253 e. The van der Waals surface area contributed by atoms with Gasteiger partial charge >= 0.3 is 0 Å². The number of anilines is 1. The zero-order valence-corrected chi connectivity index (χ0v) is 17.8. The molecular formula is C21H23N3O6S. The van der Waals surface area contributed by atoms with Crippen LogP contribution in [0.4, 0.5) is 5.69 Å². The standard InChI is InChI=1S/C21H23N3O6S/c1-31(27,28)23-17-5-2-14(3-6-17)21(26)24-10-8-16(9-11-24)22-20(25)15-4-7-18-19(12-15)30-13-29-18/h2-7,12,16,23H,8-11,13H2,1H3,(H,22,25). The maximum atomic E-state index is 12.7. The van der Waals surface area contributed by atoms with Gasteiger partial charge in [-0.15, -0.1) is 0 Å². The van der Waals surface area contributed by atoms with Crippen LogP contribution in [0.5, 0.6) is 11.5 Å². The summed E-state index contributed by atoms with van der Waals surface area (Å²) in [7, 11) is -3.36. The van der Waals surface area contributed by atoms with Gasteiger partial charge in [-0.2, -0.15) is 0 Å². The Morgan fingerprint density at radius 3 is 2.29 bits per heavy atom. The third-order valence-electron chi connectivity index (χ3n) is 5.19. The number of carbonyl (C=O) groups excluding carboxylic acids is 2. The molecule has 4 rings (SSSR count). The molecule has 1 fully saturated rings. The Kier molecular flexibility index (Phi) is 5.73. The van der Waals surface area contributed by atoms with Crippen LogP contribution in [0.1, 0.15) is 33.6 Å². The van der Waals surface area contributed by atoms with Crippen molar-refractivity contribution in [3.63, 3.8) is 0 Å². The van der Waals surface area contributed by atoms with Crippen molar-refractivity contribution >= 4 is 27.5 Å². The second-order valence-electron chi connectivity index (χ2n) is 7.56. The van der Waals surface area contributed by atoms with Crippen LogP contribution in [0.15, 0.2) is 42.5 Å². The summed E-state index contributed by atoms with van der Waals surface area (Å²) < 4.78 is 35.5. The van der Waals surface area contributed by atoms with E-state index in [0.29, 0.717) is 54.2 Å². The average Bonchev–Trinajstić information content (AvgIpc) is 3.21. The van der Waals surface area contributed by atoms with Crippen LogP contribution < -0.4 is 19.5 Å². The molecule has 9 nitrogen and oxygen atoms in total. The first-order chi connectivity index (χ1) is 14.8. The maximum Gasteiger partial charge on any atom is 0.253 e. The number of likely N-dealkylation sites (tertiary alicyclic amines) is 1. The second kappa shape index (κ2) is 8.46. The normalized spacial score (nSPS) is 16.1. The third-order valence-corrected chi connectivity index (χ3v) is 5.79. The number of carbonyl (C=O) groups is 2. The van der Waals surface area contributed by atoms with Crippen LogP contribution in [0, 0.1) is 0 Å². The van der Waals surface area contributed by atoms with Crippen molar-refractivity contribution in [1.82, 2.24) is 10.2 Å². The Bertz CT molecular complexity index is 1090. The average molecular weight is 445 g/mol. The summed E-state index contributed by atoms with van der Waals surface area (Å²) >= 11 is 0. The number of fused-ring (bicyclic) bond motifs is 1. The van der Waals surface area contributed by atoms with Crippen molar-refractivity contribution in [2.45, 2.75) is 18.9 Å². The highest BCUT2D eigenvalue weighted by molar-refractivity contribution is 7.92. The van der Waals surface area contributed by atoms with E-state index in [1.54, 1.807) is 47.4 Å². The molecular weight excluding hydrogens is 422 g/mol. The first kappa shape index (κ1) is 21.0. The third kappa shape index (κ3) is 5.08. The first-order valence-electron chi connectivity index (χ1n) is 9.86. The summed E-state index contributed by atoms with van der Waals surface area (Å²) in [6.45, 7) is 1.20. The maximum absolute atomic E-state index is 12.7. The number of nitrogens with zero attached hydrogens (tertiary/aromatic N) is 1. The Labute approximate surface area is 180 Å². The number of nitrogens with one attached hydrogen (secondary N) is 2. The number of benzene rings is 2. The SMILES string of the molecule is CS(=O)(=O)Nc1ccc(C(=O)N2CCC(NC(=O)c3ccc4c(c3)OCO4)CC2)cc1. The van der Waals surface area contributed by atoms with Crippen molar-refractivity contribution < 1.29 is 27.5 Å². The minimum atomic E-state index is -3.36. The van der Waals surface area contributed by atoms with Crippen LogP contribution in [-0.2, 0) is 10.0 Å². The lowest BCUT2D eigenvalue weighted by Crippen LogP contribution is -2.46. The van der Waals surface area contributed by atoms with E-state index in [1.807, 2.05) is 0 Å². The summed E-state index contributed by atoms with van der Waals surface area (Å²) in [6.07, 6.45) is 2.37. The minimum Gasteiger partial charge on any atom is -0.454 e. The van der Waals surface area contributed by atoms with Crippen molar-refractivity contribution in [3.8, 4) is 11.5 Å². The van der Waals surface area contributed by atoms with E-state index in [9.17, 15) is 18.0 Å². The molecule has 2 heterocycles. The monoisotopic (exact) mass is 445 g/mol. The fourth-order valence-corrected chi connectivity index (χ4v) is 4.18. The summed E-state index contributed by atoms with van der Waals surface area (Å²) in [5, 5.41) is 3.02. The largest absolute Gasteiger partial charge is 0.454 e. The van der Waals surface area contributed by atoms with Gasteiger partial charge < -0.3 is 19.7 Å². The predicted octanol–water partition coefficient (Wildman–Crippen LogP) is 1.82. The predicted molar refractivity (Wildman–Crippen MR) is 114 cm³/mol. The topological polar surface area (TPSA) is 114 Å². The summed E-state index contributed by atoms with van der Waals surface area (Å²) in [5.74, 6) is 0.887. The summed E-state index contributed by atoms with van der Waals surface area (Å²) in [5.41, 5.74) is 1.40. The lowest BCUT2D eigenvalue weighted by atomic mass is 10.0. The molecule has 0 bridgehead atoms. The van der Waals surface area contributed by atoms with Gasteiger partial charge in [0, 0.05) is 35.9 Å². The van der Waals surface area contributed by atoms with Gasteiger partial charge in [-0.25, -0.2) is 8.42 Å².